The van der Waals surface area contributed by atoms with E-state index in [9.17, 15) is 14.6 Å². The Bertz CT molecular complexity index is 238. The molecule has 2 N–H and O–H groups in total. The van der Waals surface area contributed by atoms with E-state index >= 15 is 0 Å². The zero-order valence-corrected chi connectivity index (χ0v) is 9.11. The third-order valence-electron chi connectivity index (χ3n) is 1.96. The Morgan fingerprint density at radius 1 is 1.57 bits per heavy atom. The molecule has 0 aliphatic carbocycles. The van der Waals surface area contributed by atoms with Crippen LogP contribution in [0.3, 0.4) is 0 Å². The highest BCUT2D eigenvalue weighted by Crippen LogP contribution is 2.44. The Morgan fingerprint density at radius 3 is 2.36 bits per heavy atom. The maximum absolute atomic E-state index is 10.8. The normalized spacial score (nSPS) is 13.8. The van der Waals surface area contributed by atoms with E-state index in [1.54, 1.807) is 6.92 Å². The van der Waals surface area contributed by atoms with Gasteiger partial charge in [-0.2, -0.15) is 0 Å². The van der Waals surface area contributed by atoms with Crippen LogP contribution >= 0.6 is 7.60 Å². The molecular formula is C7H15NO5P-. The fraction of sp³-hybridized carbons (Fsp3) is 0.857. The molecule has 1 unspecified atom stereocenters. The van der Waals surface area contributed by atoms with Crippen molar-refractivity contribution >= 4 is 13.5 Å². The SMILES string of the molecule is CCC(CCN([O-])C(C)=O)P(=O)(O)O. The van der Waals surface area contributed by atoms with Crippen molar-refractivity contribution in [1.29, 1.82) is 0 Å². The quantitative estimate of drug-likeness (QED) is 0.528. The molecule has 14 heavy (non-hydrogen) atoms. The van der Waals surface area contributed by atoms with E-state index in [0.29, 0.717) is 0 Å². The summed E-state index contributed by atoms with van der Waals surface area (Å²) in [6.45, 7) is 2.58. The second-order valence-electron chi connectivity index (χ2n) is 3.06. The predicted molar refractivity (Wildman–Crippen MR) is 51.5 cm³/mol. The minimum absolute atomic E-state index is 0.0316. The number of hydrogen-bond acceptors (Lipinski definition) is 3. The van der Waals surface area contributed by atoms with Crippen LogP contribution in [0, 0.1) is 5.21 Å². The zero-order chi connectivity index (χ0) is 11.4. The first-order valence-corrected chi connectivity index (χ1v) is 5.97. The standard InChI is InChI=1S/C7H15NO5P/c1-3-7(14(11,12)13)4-5-8(10)6(2)9/h7H,3-5H2,1-2H3,(H2,11,12,13)/q-1. The Labute approximate surface area is 82.6 Å². The molecule has 0 heterocycles. The zero-order valence-electron chi connectivity index (χ0n) is 8.21. The van der Waals surface area contributed by atoms with Gasteiger partial charge in [0.2, 0.25) is 5.91 Å². The molecule has 0 rings (SSSR count). The van der Waals surface area contributed by atoms with E-state index in [0.717, 1.165) is 6.92 Å². The molecule has 0 aromatic rings. The second-order valence-corrected chi connectivity index (χ2v) is 4.97. The van der Waals surface area contributed by atoms with Gasteiger partial charge in [-0.05, 0) is 12.8 Å². The summed E-state index contributed by atoms with van der Waals surface area (Å²) in [5, 5.41) is 11.0. The highest BCUT2D eigenvalue weighted by Gasteiger charge is 2.26. The smallest absolute Gasteiger partial charge is 0.328 e. The van der Waals surface area contributed by atoms with Crippen LogP contribution in [-0.4, -0.2) is 33.0 Å². The Morgan fingerprint density at radius 2 is 2.07 bits per heavy atom. The highest BCUT2D eigenvalue weighted by atomic mass is 31.2. The van der Waals surface area contributed by atoms with Crippen LogP contribution in [0.2, 0.25) is 0 Å². The van der Waals surface area contributed by atoms with E-state index in [1.807, 2.05) is 0 Å². The van der Waals surface area contributed by atoms with Gasteiger partial charge in [0, 0.05) is 13.5 Å². The van der Waals surface area contributed by atoms with Crippen molar-refractivity contribution in [1.82, 2.24) is 5.06 Å². The lowest BCUT2D eigenvalue weighted by molar-refractivity contribution is -0.126. The lowest BCUT2D eigenvalue weighted by Gasteiger charge is -2.28. The largest absolute Gasteiger partial charge is 0.756 e. The summed E-state index contributed by atoms with van der Waals surface area (Å²) in [5.74, 6) is -0.648. The Hall–Kier alpha value is -0.420. The summed E-state index contributed by atoms with van der Waals surface area (Å²) in [7, 11) is -4.14. The number of nitrogens with zero attached hydrogens (tertiary/aromatic N) is 1. The van der Waals surface area contributed by atoms with Gasteiger partial charge in [-0.15, -0.1) is 0 Å². The number of carbonyl (C=O) groups excluding carboxylic acids is 1. The van der Waals surface area contributed by atoms with Crippen molar-refractivity contribution in [2.45, 2.75) is 32.3 Å². The van der Waals surface area contributed by atoms with E-state index in [1.165, 1.54) is 0 Å². The molecule has 1 amide bonds. The van der Waals surface area contributed by atoms with Crippen LogP contribution in [0.25, 0.3) is 0 Å². The molecule has 0 saturated carbocycles. The predicted octanol–water partition coefficient (Wildman–Crippen LogP) is 0.679. The van der Waals surface area contributed by atoms with Crippen LogP contribution in [-0.2, 0) is 9.36 Å². The van der Waals surface area contributed by atoms with Crippen molar-refractivity contribution in [3.05, 3.63) is 5.21 Å². The van der Waals surface area contributed by atoms with E-state index in [2.05, 4.69) is 0 Å². The number of rotatable bonds is 5. The summed E-state index contributed by atoms with van der Waals surface area (Å²) in [6, 6.07) is 0. The molecule has 0 aliphatic heterocycles. The fourth-order valence-corrected chi connectivity index (χ4v) is 1.96. The van der Waals surface area contributed by atoms with Crippen molar-refractivity contribution in [2.24, 2.45) is 0 Å². The molecule has 0 spiro atoms. The summed E-state index contributed by atoms with van der Waals surface area (Å²) in [4.78, 5) is 28.2. The van der Waals surface area contributed by atoms with Crippen molar-refractivity contribution in [3.8, 4) is 0 Å². The molecule has 84 valence electrons. The first-order valence-electron chi connectivity index (χ1n) is 4.29. The van der Waals surface area contributed by atoms with Gasteiger partial charge in [0.15, 0.2) is 0 Å². The molecular weight excluding hydrogens is 209 g/mol. The summed E-state index contributed by atoms with van der Waals surface area (Å²) in [6.07, 6.45) is 0.319. The molecule has 1 atom stereocenters. The fourth-order valence-electron chi connectivity index (χ4n) is 1.03. The van der Waals surface area contributed by atoms with Gasteiger partial charge < -0.3 is 20.1 Å². The maximum Gasteiger partial charge on any atom is 0.328 e. The number of hydrogen-bond donors (Lipinski definition) is 2. The van der Waals surface area contributed by atoms with Gasteiger partial charge >= 0.3 is 7.60 Å². The van der Waals surface area contributed by atoms with Crippen molar-refractivity contribution in [2.75, 3.05) is 6.54 Å². The van der Waals surface area contributed by atoms with Crippen molar-refractivity contribution in [3.63, 3.8) is 0 Å². The summed E-state index contributed by atoms with van der Waals surface area (Å²) >= 11 is 0. The molecule has 0 radical (unpaired) electrons. The number of amides is 1. The van der Waals surface area contributed by atoms with E-state index in [-0.39, 0.29) is 24.4 Å². The Kier molecular flexibility index (Phi) is 5.29. The highest BCUT2D eigenvalue weighted by molar-refractivity contribution is 7.52. The third kappa shape index (κ3) is 4.72. The molecule has 0 aromatic carbocycles. The molecule has 0 saturated heterocycles. The first kappa shape index (κ1) is 13.6. The average Bonchev–Trinajstić information content (AvgIpc) is 2.02. The molecule has 0 aliphatic rings. The van der Waals surface area contributed by atoms with Gasteiger partial charge in [-0.25, -0.2) is 0 Å². The summed E-state index contributed by atoms with van der Waals surface area (Å²) < 4.78 is 10.8. The Balaban J connectivity index is 4.10. The molecule has 6 nitrogen and oxygen atoms in total. The van der Waals surface area contributed by atoms with Crippen LogP contribution < -0.4 is 0 Å². The van der Waals surface area contributed by atoms with Crippen LogP contribution in [0.5, 0.6) is 0 Å². The molecule has 0 aromatic heterocycles. The lowest BCUT2D eigenvalue weighted by atomic mass is 10.2. The van der Waals surface area contributed by atoms with Crippen LogP contribution in [0.4, 0.5) is 0 Å². The number of hydroxylamine groups is 2. The monoisotopic (exact) mass is 224 g/mol. The van der Waals surface area contributed by atoms with Gasteiger partial charge in [-0.1, -0.05) is 6.92 Å². The molecule has 7 heteroatoms. The summed E-state index contributed by atoms with van der Waals surface area (Å²) in [5.41, 5.74) is -0.835. The molecule has 0 fully saturated rings. The van der Waals surface area contributed by atoms with Gasteiger partial charge in [0.25, 0.3) is 0 Å². The minimum atomic E-state index is -4.14. The average molecular weight is 224 g/mol. The van der Waals surface area contributed by atoms with Crippen LogP contribution in [0.1, 0.15) is 26.7 Å². The van der Waals surface area contributed by atoms with E-state index in [4.69, 9.17) is 9.79 Å². The van der Waals surface area contributed by atoms with Gasteiger partial charge in [0.1, 0.15) is 0 Å². The lowest BCUT2D eigenvalue weighted by Crippen LogP contribution is -2.25. The minimum Gasteiger partial charge on any atom is -0.756 e. The van der Waals surface area contributed by atoms with E-state index < -0.39 is 19.2 Å². The van der Waals surface area contributed by atoms with Gasteiger partial charge in [0.05, 0.1) is 5.66 Å². The first-order chi connectivity index (χ1) is 6.29. The number of carbonyl (C=O) groups is 1. The van der Waals surface area contributed by atoms with Crippen LogP contribution in [0.15, 0.2) is 0 Å². The molecule has 0 bridgehead atoms. The maximum atomic E-state index is 10.8. The van der Waals surface area contributed by atoms with Crippen molar-refractivity contribution < 1.29 is 19.1 Å². The second kappa shape index (κ2) is 5.46. The van der Waals surface area contributed by atoms with Gasteiger partial charge in [-0.3, -0.25) is 9.36 Å². The third-order valence-corrected chi connectivity index (χ3v) is 3.54. The topological polar surface area (TPSA) is 101 Å².